The molecule has 1 aromatic heterocycles. The Morgan fingerprint density at radius 2 is 2.19 bits per heavy atom. The molecule has 88 valence electrons. The molecule has 1 heterocycles. The number of carboxylic acid groups (broad SMARTS) is 1. The normalized spacial score (nSPS) is 11.2. The van der Waals surface area contributed by atoms with Crippen molar-refractivity contribution in [1.82, 2.24) is 4.98 Å². The summed E-state index contributed by atoms with van der Waals surface area (Å²) in [5, 5.41) is 20.3. The largest absolute Gasteiger partial charge is 0.465 e. The van der Waals surface area contributed by atoms with Gasteiger partial charge in [-0.2, -0.15) is 0 Å². The Bertz CT molecular complexity index is 372. The van der Waals surface area contributed by atoms with Gasteiger partial charge in [-0.3, -0.25) is 5.32 Å². The molecule has 0 aliphatic rings. The van der Waals surface area contributed by atoms with Gasteiger partial charge in [0.25, 0.3) is 0 Å². The Labute approximate surface area is 94.1 Å². The van der Waals surface area contributed by atoms with Crippen LogP contribution in [0.2, 0.25) is 0 Å². The lowest BCUT2D eigenvalue weighted by atomic mass is 10.0. The summed E-state index contributed by atoms with van der Waals surface area (Å²) in [4.78, 5) is 14.5. The molecule has 0 aromatic carbocycles. The van der Waals surface area contributed by atoms with Crippen LogP contribution in [-0.2, 0) is 6.42 Å². The third kappa shape index (κ3) is 4.75. The van der Waals surface area contributed by atoms with E-state index in [0.29, 0.717) is 18.7 Å². The van der Waals surface area contributed by atoms with Crippen molar-refractivity contribution >= 4 is 11.9 Å². The molecule has 0 aliphatic carbocycles. The van der Waals surface area contributed by atoms with Gasteiger partial charge in [-0.1, -0.05) is 6.07 Å². The van der Waals surface area contributed by atoms with Gasteiger partial charge in [0.1, 0.15) is 5.82 Å². The maximum absolute atomic E-state index is 10.4. The van der Waals surface area contributed by atoms with E-state index in [-0.39, 0.29) is 0 Å². The first kappa shape index (κ1) is 12.4. The average Bonchev–Trinajstić information content (AvgIpc) is 2.13. The van der Waals surface area contributed by atoms with Gasteiger partial charge in [0.05, 0.1) is 5.60 Å². The number of aliphatic hydroxyl groups is 1. The predicted molar refractivity (Wildman–Crippen MR) is 60.5 cm³/mol. The Hall–Kier alpha value is -1.62. The summed E-state index contributed by atoms with van der Waals surface area (Å²) in [7, 11) is 0. The predicted octanol–water partition coefficient (Wildman–Crippen LogP) is 1.88. The number of nitrogens with zero attached hydrogens (tertiary/aromatic N) is 1. The molecule has 16 heavy (non-hydrogen) atoms. The maximum Gasteiger partial charge on any atom is 0.410 e. The fourth-order valence-corrected chi connectivity index (χ4v) is 1.23. The summed E-state index contributed by atoms with van der Waals surface area (Å²) in [6.07, 6.45) is 0.0574. The summed E-state index contributed by atoms with van der Waals surface area (Å²) in [5.41, 5.74) is 0.0196. The van der Waals surface area contributed by atoms with Crippen LogP contribution in [-0.4, -0.2) is 26.9 Å². The molecule has 0 saturated carbocycles. The lowest BCUT2D eigenvalue weighted by Gasteiger charge is -2.16. The monoisotopic (exact) mass is 224 g/mol. The lowest BCUT2D eigenvalue weighted by Crippen LogP contribution is -2.19. The first-order chi connectivity index (χ1) is 7.37. The Balaban J connectivity index is 2.64. The van der Waals surface area contributed by atoms with Crippen LogP contribution in [0.5, 0.6) is 0 Å². The molecule has 0 fully saturated rings. The molecule has 3 N–H and O–H groups in total. The highest BCUT2D eigenvalue weighted by Crippen LogP contribution is 2.13. The molecule has 0 unspecified atom stereocenters. The second-order valence-corrected chi connectivity index (χ2v) is 4.26. The highest BCUT2D eigenvalue weighted by molar-refractivity contribution is 5.81. The third-order valence-electron chi connectivity index (χ3n) is 2.03. The minimum atomic E-state index is -1.13. The van der Waals surface area contributed by atoms with Crippen LogP contribution in [0.15, 0.2) is 18.2 Å². The van der Waals surface area contributed by atoms with Crippen LogP contribution in [0.25, 0.3) is 0 Å². The van der Waals surface area contributed by atoms with Gasteiger partial charge < -0.3 is 10.2 Å². The summed E-state index contributed by atoms with van der Waals surface area (Å²) < 4.78 is 0. The average molecular weight is 224 g/mol. The fourth-order valence-electron chi connectivity index (χ4n) is 1.23. The van der Waals surface area contributed by atoms with E-state index in [1.54, 1.807) is 32.0 Å². The fraction of sp³-hybridized carbons (Fsp3) is 0.455. The van der Waals surface area contributed by atoms with E-state index in [0.717, 1.165) is 5.69 Å². The van der Waals surface area contributed by atoms with Crippen molar-refractivity contribution in [3.05, 3.63) is 23.9 Å². The molecule has 0 atom stereocenters. The van der Waals surface area contributed by atoms with Crippen LogP contribution in [0.3, 0.4) is 0 Å². The first-order valence-electron chi connectivity index (χ1n) is 5.05. The zero-order chi connectivity index (χ0) is 12.2. The van der Waals surface area contributed by atoms with Crippen molar-refractivity contribution in [2.45, 2.75) is 32.3 Å². The Morgan fingerprint density at radius 3 is 2.75 bits per heavy atom. The van der Waals surface area contributed by atoms with Crippen molar-refractivity contribution in [2.75, 3.05) is 5.32 Å². The van der Waals surface area contributed by atoms with Crippen molar-refractivity contribution in [3.63, 3.8) is 0 Å². The molecular formula is C11H16N2O3. The smallest absolute Gasteiger partial charge is 0.410 e. The van der Waals surface area contributed by atoms with Crippen molar-refractivity contribution < 1.29 is 15.0 Å². The number of nitrogens with one attached hydrogen (secondary N) is 1. The summed E-state index contributed by atoms with van der Waals surface area (Å²) in [5.74, 6) is 0.306. The minimum Gasteiger partial charge on any atom is -0.465 e. The molecule has 5 heteroatoms. The van der Waals surface area contributed by atoms with Gasteiger partial charge in [-0.25, -0.2) is 9.78 Å². The quantitative estimate of drug-likeness (QED) is 0.729. The second-order valence-electron chi connectivity index (χ2n) is 4.26. The number of hydrogen-bond acceptors (Lipinski definition) is 3. The van der Waals surface area contributed by atoms with E-state index in [2.05, 4.69) is 10.3 Å². The van der Waals surface area contributed by atoms with Gasteiger partial charge in [0.2, 0.25) is 0 Å². The number of pyridine rings is 1. The van der Waals surface area contributed by atoms with E-state index in [4.69, 9.17) is 5.11 Å². The van der Waals surface area contributed by atoms with Gasteiger partial charge in [0.15, 0.2) is 0 Å². The molecule has 0 radical (unpaired) electrons. The van der Waals surface area contributed by atoms with Crippen LogP contribution >= 0.6 is 0 Å². The van der Waals surface area contributed by atoms with E-state index in [1.807, 2.05) is 0 Å². The zero-order valence-corrected chi connectivity index (χ0v) is 9.40. The highest BCUT2D eigenvalue weighted by atomic mass is 16.4. The Kier molecular flexibility index (Phi) is 3.84. The van der Waals surface area contributed by atoms with Crippen LogP contribution < -0.4 is 5.32 Å². The summed E-state index contributed by atoms with van der Waals surface area (Å²) >= 11 is 0. The summed E-state index contributed by atoms with van der Waals surface area (Å²) in [6.45, 7) is 3.46. The molecule has 1 rings (SSSR count). The summed E-state index contributed by atoms with van der Waals surface area (Å²) in [6, 6.07) is 5.12. The molecule has 0 saturated heterocycles. The minimum absolute atomic E-state index is 0.306. The SMILES string of the molecule is CC(C)(O)CCc1cccc(NC(=O)O)n1. The maximum atomic E-state index is 10.4. The van der Waals surface area contributed by atoms with E-state index in [1.165, 1.54) is 0 Å². The molecule has 5 nitrogen and oxygen atoms in total. The van der Waals surface area contributed by atoms with Crippen molar-refractivity contribution in [2.24, 2.45) is 0 Å². The standard InChI is InChI=1S/C11H16N2O3/c1-11(2,16)7-6-8-4-3-5-9(12-8)13-10(14)15/h3-5,16H,6-7H2,1-2H3,(H,12,13)(H,14,15). The number of carbonyl (C=O) groups is 1. The van der Waals surface area contributed by atoms with Gasteiger partial charge in [0, 0.05) is 5.69 Å². The number of hydrogen-bond donors (Lipinski definition) is 3. The third-order valence-corrected chi connectivity index (χ3v) is 2.03. The molecular weight excluding hydrogens is 208 g/mol. The van der Waals surface area contributed by atoms with Gasteiger partial charge in [-0.05, 0) is 38.8 Å². The van der Waals surface area contributed by atoms with Crippen molar-refractivity contribution in [1.29, 1.82) is 0 Å². The molecule has 1 amide bonds. The van der Waals surface area contributed by atoms with Crippen LogP contribution in [0.4, 0.5) is 10.6 Å². The second kappa shape index (κ2) is 4.94. The lowest BCUT2D eigenvalue weighted by molar-refractivity contribution is 0.0711. The Morgan fingerprint density at radius 1 is 1.50 bits per heavy atom. The molecule has 0 bridgehead atoms. The topological polar surface area (TPSA) is 82.5 Å². The number of aromatic nitrogens is 1. The first-order valence-corrected chi connectivity index (χ1v) is 5.05. The molecule has 0 spiro atoms. The van der Waals surface area contributed by atoms with Crippen molar-refractivity contribution in [3.8, 4) is 0 Å². The van der Waals surface area contributed by atoms with Gasteiger partial charge >= 0.3 is 6.09 Å². The number of aryl methyl sites for hydroxylation is 1. The number of anilines is 1. The van der Waals surface area contributed by atoms with Crippen LogP contribution in [0, 0.1) is 0 Å². The number of rotatable bonds is 4. The molecule has 1 aromatic rings. The zero-order valence-electron chi connectivity index (χ0n) is 9.40. The highest BCUT2D eigenvalue weighted by Gasteiger charge is 2.12. The van der Waals surface area contributed by atoms with E-state index >= 15 is 0 Å². The van der Waals surface area contributed by atoms with Crippen LogP contribution in [0.1, 0.15) is 26.0 Å². The van der Waals surface area contributed by atoms with Gasteiger partial charge in [-0.15, -0.1) is 0 Å². The number of amides is 1. The van der Waals surface area contributed by atoms with E-state index < -0.39 is 11.7 Å². The van der Waals surface area contributed by atoms with E-state index in [9.17, 15) is 9.90 Å². The molecule has 0 aliphatic heterocycles.